The van der Waals surface area contributed by atoms with Gasteiger partial charge in [-0.05, 0) is 23.9 Å². The predicted molar refractivity (Wildman–Crippen MR) is 60.4 cm³/mol. The highest BCUT2D eigenvalue weighted by atomic mass is 35.7. The summed E-state index contributed by atoms with van der Waals surface area (Å²) < 4.78 is 0. The van der Waals surface area contributed by atoms with E-state index in [4.69, 9.17) is 22.2 Å². The maximum Gasteiger partial charge on any atom is 0.278 e. The van der Waals surface area contributed by atoms with Crippen LogP contribution in [0.3, 0.4) is 0 Å². The van der Waals surface area contributed by atoms with Crippen molar-refractivity contribution in [2.75, 3.05) is 0 Å². The number of hydrogen-bond acceptors (Lipinski definition) is 1. The minimum absolute atomic E-state index is 0.776. The van der Waals surface area contributed by atoms with E-state index in [-0.39, 0.29) is 0 Å². The van der Waals surface area contributed by atoms with Crippen LogP contribution in [0.1, 0.15) is 10.4 Å². The van der Waals surface area contributed by atoms with Crippen LogP contribution in [-0.2, 0) is 6.04 Å². The fourth-order valence-corrected chi connectivity index (χ4v) is 4.61. The Morgan fingerprint density at radius 3 is 2.75 bits per heavy atom. The molecule has 0 nitrogen and oxygen atoms in total. The van der Waals surface area contributed by atoms with Crippen molar-refractivity contribution >= 4 is 40.2 Å². The highest BCUT2D eigenvalue weighted by Crippen LogP contribution is 2.25. The van der Waals surface area contributed by atoms with Crippen molar-refractivity contribution in [3.05, 3.63) is 34.2 Å². The molecule has 0 aliphatic heterocycles. The summed E-state index contributed by atoms with van der Waals surface area (Å²) in [6.45, 7) is 3.52. The second-order valence-corrected chi connectivity index (χ2v) is 10.6. The molecular weight excluding hydrogens is 227 g/mol. The topological polar surface area (TPSA) is 0 Å². The van der Waals surface area contributed by atoms with Crippen LogP contribution in [0.4, 0.5) is 0 Å². The van der Waals surface area contributed by atoms with Crippen LogP contribution in [0.15, 0.2) is 23.7 Å². The molecule has 0 amide bonds. The zero-order valence-electron chi connectivity index (χ0n) is 6.81. The second-order valence-electron chi connectivity index (χ2n) is 2.73. The molecule has 1 heterocycles. The van der Waals surface area contributed by atoms with Gasteiger partial charge in [-0.15, -0.1) is 40.1 Å². The van der Waals surface area contributed by atoms with Gasteiger partial charge >= 0.3 is 0 Å². The number of hydrogen-bond donors (Lipinski definition) is 0. The monoisotopic (exact) mass is 236 g/mol. The molecule has 0 aromatic carbocycles. The third kappa shape index (κ3) is 2.94. The normalized spacial score (nSPS) is 11.6. The van der Waals surface area contributed by atoms with Crippen molar-refractivity contribution in [1.82, 2.24) is 0 Å². The summed E-state index contributed by atoms with van der Waals surface area (Å²) in [4.78, 5) is 1.25. The van der Waals surface area contributed by atoms with Crippen LogP contribution in [0.2, 0.25) is 0 Å². The molecule has 0 radical (unpaired) electrons. The van der Waals surface area contributed by atoms with E-state index in [0.717, 1.165) is 6.04 Å². The number of halogens is 2. The standard InChI is InChI=1S/C8H10Cl2SSi/c1-3-12(9,10)6-8-4-7(2)5-11-8/h3-5H,1,6H2,2H3. The maximum atomic E-state index is 6.06. The van der Waals surface area contributed by atoms with Gasteiger partial charge in [-0.25, -0.2) is 0 Å². The van der Waals surface area contributed by atoms with E-state index < -0.39 is 6.69 Å². The van der Waals surface area contributed by atoms with E-state index in [2.05, 4.69) is 24.9 Å². The third-order valence-corrected chi connectivity index (χ3v) is 5.98. The van der Waals surface area contributed by atoms with Crippen LogP contribution < -0.4 is 0 Å². The van der Waals surface area contributed by atoms with E-state index in [0.29, 0.717) is 0 Å². The summed E-state index contributed by atoms with van der Waals surface area (Å²) in [5.74, 6) is 0. The van der Waals surface area contributed by atoms with Crippen molar-refractivity contribution in [2.45, 2.75) is 13.0 Å². The first kappa shape index (κ1) is 10.3. The predicted octanol–water partition coefficient (Wildman–Crippen LogP) is 3.78. The first-order chi connectivity index (χ1) is 5.53. The van der Waals surface area contributed by atoms with Crippen LogP contribution >= 0.6 is 33.5 Å². The molecule has 1 aromatic heterocycles. The second kappa shape index (κ2) is 3.96. The Bertz CT molecular complexity index is 280. The summed E-state index contributed by atoms with van der Waals surface area (Å²) in [5, 5.41) is 2.11. The molecule has 0 aliphatic carbocycles. The van der Waals surface area contributed by atoms with E-state index >= 15 is 0 Å². The molecule has 1 rings (SSSR count). The molecule has 0 aliphatic rings. The van der Waals surface area contributed by atoms with Crippen molar-refractivity contribution in [3.8, 4) is 0 Å². The highest BCUT2D eigenvalue weighted by molar-refractivity contribution is 7.47. The smallest absolute Gasteiger partial charge is 0.149 e. The fraction of sp³-hybridized carbons (Fsp3) is 0.250. The van der Waals surface area contributed by atoms with Gasteiger partial charge in [0, 0.05) is 10.9 Å². The summed E-state index contributed by atoms with van der Waals surface area (Å²) in [7, 11) is 0. The van der Waals surface area contributed by atoms with E-state index in [1.165, 1.54) is 10.4 Å². The van der Waals surface area contributed by atoms with Crippen LogP contribution in [-0.4, -0.2) is 6.69 Å². The van der Waals surface area contributed by atoms with Gasteiger partial charge in [0.25, 0.3) is 6.69 Å². The van der Waals surface area contributed by atoms with Gasteiger partial charge in [0.2, 0.25) is 0 Å². The molecule has 66 valence electrons. The Morgan fingerprint density at radius 1 is 1.67 bits per heavy atom. The van der Waals surface area contributed by atoms with Crippen molar-refractivity contribution in [1.29, 1.82) is 0 Å². The SMILES string of the molecule is C=C[Si](Cl)(Cl)Cc1cc(C)cs1. The van der Waals surface area contributed by atoms with Gasteiger partial charge < -0.3 is 0 Å². The quantitative estimate of drug-likeness (QED) is 0.554. The molecule has 0 bridgehead atoms. The lowest BCUT2D eigenvalue weighted by Crippen LogP contribution is -2.19. The molecule has 12 heavy (non-hydrogen) atoms. The maximum absolute atomic E-state index is 6.06. The number of thiophene rings is 1. The molecule has 0 saturated carbocycles. The number of rotatable bonds is 3. The van der Waals surface area contributed by atoms with Gasteiger partial charge in [0.05, 0.1) is 0 Å². The summed E-state index contributed by atoms with van der Waals surface area (Å²) in [6, 6.07) is 2.90. The molecule has 0 N–H and O–H groups in total. The highest BCUT2D eigenvalue weighted by Gasteiger charge is 2.24. The Labute approximate surface area is 87.2 Å². The van der Waals surface area contributed by atoms with Gasteiger partial charge in [0.15, 0.2) is 0 Å². The molecule has 0 unspecified atom stereocenters. The zero-order valence-corrected chi connectivity index (χ0v) is 10.1. The molecule has 1 aromatic rings. The Morgan fingerprint density at radius 2 is 2.33 bits per heavy atom. The summed E-state index contributed by atoms with van der Waals surface area (Å²) in [6.07, 6.45) is 0. The average molecular weight is 237 g/mol. The van der Waals surface area contributed by atoms with Crippen molar-refractivity contribution < 1.29 is 0 Å². The lowest BCUT2D eigenvalue weighted by Gasteiger charge is -2.08. The fourth-order valence-electron chi connectivity index (χ4n) is 0.888. The first-order valence-corrected chi connectivity index (χ1v) is 8.78. The largest absolute Gasteiger partial charge is 0.278 e. The third-order valence-electron chi connectivity index (χ3n) is 1.49. The summed E-state index contributed by atoms with van der Waals surface area (Å²) >= 11 is 13.8. The van der Waals surface area contributed by atoms with Crippen molar-refractivity contribution in [3.63, 3.8) is 0 Å². The Kier molecular flexibility index (Phi) is 3.41. The zero-order chi connectivity index (χ0) is 9.19. The molecular formula is C8H10Cl2SSi. The van der Waals surface area contributed by atoms with Gasteiger partial charge in [-0.2, -0.15) is 0 Å². The van der Waals surface area contributed by atoms with Gasteiger partial charge in [-0.3, -0.25) is 0 Å². The lowest BCUT2D eigenvalue weighted by atomic mass is 10.4. The van der Waals surface area contributed by atoms with Crippen LogP contribution in [0.5, 0.6) is 0 Å². The molecule has 4 heteroatoms. The van der Waals surface area contributed by atoms with Gasteiger partial charge in [-0.1, -0.05) is 5.70 Å². The van der Waals surface area contributed by atoms with Crippen LogP contribution in [0.25, 0.3) is 0 Å². The first-order valence-electron chi connectivity index (χ1n) is 3.59. The van der Waals surface area contributed by atoms with E-state index in [1.807, 2.05) is 0 Å². The Hall–Kier alpha value is 0.237. The van der Waals surface area contributed by atoms with Crippen LogP contribution in [0, 0.1) is 6.92 Å². The molecule has 0 spiro atoms. The minimum atomic E-state index is -2.19. The van der Waals surface area contributed by atoms with E-state index in [1.54, 1.807) is 17.0 Å². The van der Waals surface area contributed by atoms with Crippen molar-refractivity contribution in [2.24, 2.45) is 0 Å². The number of aryl methyl sites for hydroxylation is 1. The summed E-state index contributed by atoms with van der Waals surface area (Å²) in [5.41, 5.74) is 2.97. The minimum Gasteiger partial charge on any atom is -0.149 e. The molecule has 0 saturated heterocycles. The Balaban J connectivity index is 2.69. The van der Waals surface area contributed by atoms with E-state index in [9.17, 15) is 0 Å². The lowest BCUT2D eigenvalue weighted by molar-refractivity contribution is 1.44. The van der Waals surface area contributed by atoms with Gasteiger partial charge in [0.1, 0.15) is 0 Å². The molecule has 0 atom stereocenters. The molecule has 0 fully saturated rings. The average Bonchev–Trinajstić information content (AvgIpc) is 2.35.